The van der Waals surface area contributed by atoms with Crippen molar-refractivity contribution in [3.05, 3.63) is 50.7 Å². The lowest BCUT2D eigenvalue weighted by Crippen LogP contribution is -2.20. The summed E-state index contributed by atoms with van der Waals surface area (Å²) in [6, 6.07) is 5.08. The number of hydrogen-bond acceptors (Lipinski definition) is 5. The summed E-state index contributed by atoms with van der Waals surface area (Å²) >= 11 is 0. The van der Waals surface area contributed by atoms with Crippen molar-refractivity contribution in [1.29, 1.82) is 0 Å². The SMILES string of the molecule is O=c1cc(N=Cc2ccc(O)cc2O)[nH]c(=O)[nH]1. The molecule has 0 saturated heterocycles. The Morgan fingerprint density at radius 3 is 2.56 bits per heavy atom. The monoisotopic (exact) mass is 247 g/mol. The van der Waals surface area contributed by atoms with Crippen molar-refractivity contribution in [2.24, 2.45) is 4.99 Å². The Kier molecular flexibility index (Phi) is 2.96. The number of aliphatic imine (C=N–C) groups is 1. The fourth-order valence-corrected chi connectivity index (χ4v) is 1.31. The van der Waals surface area contributed by atoms with Gasteiger partial charge < -0.3 is 10.2 Å². The molecule has 0 saturated carbocycles. The van der Waals surface area contributed by atoms with E-state index in [1.54, 1.807) is 0 Å². The molecule has 0 atom stereocenters. The third-order valence-electron chi connectivity index (χ3n) is 2.10. The van der Waals surface area contributed by atoms with Crippen molar-refractivity contribution in [3.63, 3.8) is 0 Å². The molecule has 18 heavy (non-hydrogen) atoms. The van der Waals surface area contributed by atoms with E-state index in [0.717, 1.165) is 12.1 Å². The third-order valence-corrected chi connectivity index (χ3v) is 2.10. The van der Waals surface area contributed by atoms with Gasteiger partial charge in [0.15, 0.2) is 0 Å². The zero-order valence-corrected chi connectivity index (χ0v) is 9.04. The maximum Gasteiger partial charge on any atom is 0.327 e. The molecular weight excluding hydrogens is 238 g/mol. The largest absolute Gasteiger partial charge is 0.508 e. The fraction of sp³-hybridized carbons (Fsp3) is 0. The molecule has 0 spiro atoms. The van der Waals surface area contributed by atoms with Crippen molar-refractivity contribution in [2.45, 2.75) is 0 Å². The molecule has 2 rings (SSSR count). The van der Waals surface area contributed by atoms with E-state index in [1.165, 1.54) is 18.3 Å². The van der Waals surface area contributed by atoms with Gasteiger partial charge in [0, 0.05) is 23.9 Å². The smallest absolute Gasteiger partial charge is 0.327 e. The summed E-state index contributed by atoms with van der Waals surface area (Å²) in [7, 11) is 0. The summed E-state index contributed by atoms with van der Waals surface area (Å²) in [5.74, 6) is -0.170. The highest BCUT2D eigenvalue weighted by Gasteiger charge is 1.99. The second-order valence-electron chi connectivity index (χ2n) is 3.47. The minimum Gasteiger partial charge on any atom is -0.508 e. The predicted octanol–water partition coefficient (Wildman–Crippen LogP) is 0.225. The number of phenolic OH excluding ortho intramolecular Hbond substituents is 2. The standard InChI is InChI=1S/C11H9N3O4/c15-7-2-1-6(8(16)3-7)5-12-9-4-10(17)14-11(18)13-9/h1-5,15-16H,(H2,13,14,17,18). The van der Waals surface area contributed by atoms with Gasteiger partial charge in [0.05, 0.1) is 0 Å². The molecule has 0 aliphatic rings. The van der Waals surface area contributed by atoms with Crippen molar-refractivity contribution in [1.82, 2.24) is 9.97 Å². The van der Waals surface area contributed by atoms with Gasteiger partial charge in [-0.25, -0.2) is 9.79 Å². The Balaban J connectivity index is 2.35. The summed E-state index contributed by atoms with van der Waals surface area (Å²) in [5.41, 5.74) is -0.890. The Morgan fingerprint density at radius 2 is 1.89 bits per heavy atom. The van der Waals surface area contributed by atoms with Crippen LogP contribution in [-0.4, -0.2) is 26.4 Å². The van der Waals surface area contributed by atoms with Crippen molar-refractivity contribution in [3.8, 4) is 11.5 Å². The molecule has 1 aromatic carbocycles. The lowest BCUT2D eigenvalue weighted by molar-refractivity contribution is 0.450. The molecule has 7 nitrogen and oxygen atoms in total. The average molecular weight is 247 g/mol. The summed E-state index contributed by atoms with van der Waals surface area (Å²) in [6.45, 7) is 0. The van der Waals surface area contributed by atoms with Crippen LogP contribution < -0.4 is 11.2 Å². The Hall–Kier alpha value is -2.83. The molecule has 0 fully saturated rings. The van der Waals surface area contributed by atoms with Gasteiger partial charge in [-0.1, -0.05) is 0 Å². The minimum absolute atomic E-state index is 0.0659. The maximum absolute atomic E-state index is 11.0. The van der Waals surface area contributed by atoms with Crippen LogP contribution in [0.25, 0.3) is 0 Å². The van der Waals surface area contributed by atoms with Gasteiger partial charge in [0.2, 0.25) is 0 Å². The second kappa shape index (κ2) is 4.58. The average Bonchev–Trinajstić information content (AvgIpc) is 2.26. The van der Waals surface area contributed by atoms with E-state index >= 15 is 0 Å². The summed E-state index contributed by atoms with van der Waals surface area (Å²) in [5, 5.41) is 18.6. The van der Waals surface area contributed by atoms with Crippen LogP contribution in [0.4, 0.5) is 5.82 Å². The lowest BCUT2D eigenvalue weighted by Gasteiger charge is -1.98. The number of hydrogen-bond donors (Lipinski definition) is 4. The third kappa shape index (κ3) is 2.64. The first kappa shape index (κ1) is 11.6. The Morgan fingerprint density at radius 1 is 1.11 bits per heavy atom. The first-order valence-electron chi connectivity index (χ1n) is 4.94. The van der Waals surface area contributed by atoms with Crippen LogP contribution in [0.1, 0.15) is 5.56 Å². The van der Waals surface area contributed by atoms with Gasteiger partial charge in [-0.3, -0.25) is 14.8 Å². The van der Waals surface area contributed by atoms with E-state index < -0.39 is 11.2 Å². The van der Waals surface area contributed by atoms with Gasteiger partial charge in [0.25, 0.3) is 5.56 Å². The van der Waals surface area contributed by atoms with E-state index in [1.807, 2.05) is 4.98 Å². The van der Waals surface area contributed by atoms with E-state index in [-0.39, 0.29) is 17.3 Å². The molecule has 0 aliphatic carbocycles. The van der Waals surface area contributed by atoms with Crippen molar-refractivity contribution in [2.75, 3.05) is 0 Å². The zero-order chi connectivity index (χ0) is 13.1. The second-order valence-corrected chi connectivity index (χ2v) is 3.47. The predicted molar refractivity (Wildman–Crippen MR) is 64.7 cm³/mol. The highest BCUT2D eigenvalue weighted by Crippen LogP contribution is 2.21. The highest BCUT2D eigenvalue weighted by molar-refractivity contribution is 5.85. The van der Waals surface area contributed by atoms with Crippen LogP contribution >= 0.6 is 0 Å². The number of nitrogens with one attached hydrogen (secondary N) is 2. The van der Waals surface area contributed by atoms with Gasteiger partial charge in [0.1, 0.15) is 17.3 Å². The van der Waals surface area contributed by atoms with Crippen LogP contribution in [0, 0.1) is 0 Å². The number of aromatic hydroxyl groups is 2. The van der Waals surface area contributed by atoms with Gasteiger partial charge in [-0.15, -0.1) is 0 Å². The van der Waals surface area contributed by atoms with Crippen LogP contribution in [0.15, 0.2) is 38.8 Å². The van der Waals surface area contributed by atoms with Crippen LogP contribution in [0.3, 0.4) is 0 Å². The molecular formula is C11H9N3O4. The topological polar surface area (TPSA) is 119 Å². The molecule has 0 unspecified atom stereocenters. The molecule has 92 valence electrons. The molecule has 0 aliphatic heterocycles. The van der Waals surface area contributed by atoms with Gasteiger partial charge in [-0.2, -0.15) is 0 Å². The molecule has 0 amide bonds. The van der Waals surface area contributed by atoms with Crippen LogP contribution in [0.5, 0.6) is 11.5 Å². The zero-order valence-electron chi connectivity index (χ0n) is 9.04. The van der Waals surface area contributed by atoms with Crippen LogP contribution in [-0.2, 0) is 0 Å². The quantitative estimate of drug-likeness (QED) is 0.568. The maximum atomic E-state index is 11.0. The normalized spacial score (nSPS) is 10.9. The number of benzene rings is 1. The van der Waals surface area contributed by atoms with Crippen molar-refractivity contribution >= 4 is 12.0 Å². The number of nitrogens with zero attached hydrogens (tertiary/aromatic N) is 1. The van der Waals surface area contributed by atoms with E-state index in [0.29, 0.717) is 5.56 Å². The summed E-state index contributed by atoms with van der Waals surface area (Å²) < 4.78 is 0. The lowest BCUT2D eigenvalue weighted by atomic mass is 10.2. The number of rotatable bonds is 2. The van der Waals surface area contributed by atoms with Gasteiger partial charge >= 0.3 is 5.69 Å². The molecule has 0 bridgehead atoms. The van der Waals surface area contributed by atoms with Crippen molar-refractivity contribution < 1.29 is 10.2 Å². The summed E-state index contributed by atoms with van der Waals surface area (Å²) in [4.78, 5) is 30.1. The highest BCUT2D eigenvalue weighted by atomic mass is 16.3. The fourth-order valence-electron chi connectivity index (χ4n) is 1.31. The Labute approximate surface area is 100 Å². The minimum atomic E-state index is -0.662. The number of aromatic nitrogens is 2. The number of H-pyrrole nitrogens is 2. The number of aromatic amines is 2. The molecule has 2 aromatic rings. The van der Waals surface area contributed by atoms with Gasteiger partial charge in [-0.05, 0) is 12.1 Å². The van der Waals surface area contributed by atoms with E-state index in [4.69, 9.17) is 5.11 Å². The number of phenols is 2. The van der Waals surface area contributed by atoms with Crippen LogP contribution in [0.2, 0.25) is 0 Å². The molecule has 4 N–H and O–H groups in total. The molecule has 1 aromatic heterocycles. The Bertz CT molecular complexity index is 686. The van der Waals surface area contributed by atoms with E-state index in [9.17, 15) is 14.7 Å². The molecule has 0 radical (unpaired) electrons. The molecule has 1 heterocycles. The first-order valence-corrected chi connectivity index (χ1v) is 4.94. The first-order chi connectivity index (χ1) is 8.54. The molecule has 7 heteroatoms. The van der Waals surface area contributed by atoms with E-state index in [2.05, 4.69) is 9.98 Å². The summed E-state index contributed by atoms with van der Waals surface area (Å²) in [6.07, 6.45) is 1.26.